The summed E-state index contributed by atoms with van der Waals surface area (Å²) in [5.41, 5.74) is 4.58. The topological polar surface area (TPSA) is 26.0 Å². The third kappa shape index (κ3) is 2.59. The number of halogens is 6. The Morgan fingerprint density at radius 2 is 1.28 bits per heavy atom. The summed E-state index contributed by atoms with van der Waals surface area (Å²) in [5.74, 6) is -9.46. The van der Waals surface area contributed by atoms with Gasteiger partial charge in [-0.25, -0.2) is 22.0 Å². The Bertz CT molecular complexity index is 432. The first-order chi connectivity index (χ1) is 7.93. The highest BCUT2D eigenvalue weighted by atomic mass is 35.5. The minimum Gasteiger partial charge on any atom is -0.324 e. The predicted molar refractivity (Wildman–Crippen MR) is 57.7 cm³/mol. The summed E-state index contributed by atoms with van der Waals surface area (Å²) in [4.78, 5) is 0. The van der Waals surface area contributed by atoms with Crippen LogP contribution >= 0.6 is 12.4 Å². The van der Waals surface area contributed by atoms with E-state index in [9.17, 15) is 22.0 Å². The molecule has 2 N–H and O–H groups in total. The number of nitrogens with two attached hydrogens (primary N) is 1. The maximum absolute atomic E-state index is 13.3. The minimum absolute atomic E-state index is 0. The van der Waals surface area contributed by atoms with Gasteiger partial charge >= 0.3 is 0 Å². The molecule has 102 valence electrons. The largest absolute Gasteiger partial charge is 0.324 e. The van der Waals surface area contributed by atoms with Crippen LogP contribution in [0.25, 0.3) is 0 Å². The molecular weight excluding hydrogens is 277 g/mol. The summed E-state index contributed by atoms with van der Waals surface area (Å²) in [7, 11) is 0. The molecular formula is C11H11ClF5N. The van der Waals surface area contributed by atoms with Gasteiger partial charge in [0.25, 0.3) is 0 Å². The van der Waals surface area contributed by atoms with Crippen molar-refractivity contribution in [1.29, 1.82) is 0 Å². The van der Waals surface area contributed by atoms with Gasteiger partial charge in [0.2, 0.25) is 5.82 Å². The number of hydrogen-bond acceptors (Lipinski definition) is 1. The van der Waals surface area contributed by atoms with Gasteiger partial charge in [0.05, 0.1) is 0 Å². The SMILES string of the molecule is Cl.N[C@H](CC1CC1)c1c(F)c(F)c(F)c(F)c1F. The summed E-state index contributed by atoms with van der Waals surface area (Å²) >= 11 is 0. The van der Waals surface area contributed by atoms with Crippen molar-refractivity contribution < 1.29 is 22.0 Å². The van der Waals surface area contributed by atoms with Crippen LogP contribution in [0.3, 0.4) is 0 Å². The van der Waals surface area contributed by atoms with E-state index in [1.165, 1.54) is 0 Å². The van der Waals surface area contributed by atoms with Gasteiger partial charge in [-0.2, -0.15) is 0 Å². The molecule has 1 nitrogen and oxygen atoms in total. The summed E-state index contributed by atoms with van der Waals surface area (Å²) < 4.78 is 65.2. The Hall–Kier alpha value is -0.880. The van der Waals surface area contributed by atoms with E-state index in [4.69, 9.17) is 5.73 Å². The van der Waals surface area contributed by atoms with E-state index < -0.39 is 40.7 Å². The maximum Gasteiger partial charge on any atom is 0.200 e. The lowest BCUT2D eigenvalue weighted by atomic mass is 10.00. The van der Waals surface area contributed by atoms with E-state index in [1.54, 1.807) is 0 Å². The highest BCUT2D eigenvalue weighted by Gasteiger charge is 2.32. The predicted octanol–water partition coefficient (Wildman–Crippen LogP) is 3.60. The number of hydrogen-bond donors (Lipinski definition) is 1. The molecule has 0 amide bonds. The molecule has 2 rings (SSSR count). The van der Waals surface area contributed by atoms with E-state index in [1.807, 2.05) is 0 Å². The van der Waals surface area contributed by atoms with E-state index in [-0.39, 0.29) is 24.7 Å². The molecule has 0 aliphatic heterocycles. The molecule has 1 aliphatic rings. The first kappa shape index (κ1) is 15.2. The first-order valence-corrected chi connectivity index (χ1v) is 5.20. The van der Waals surface area contributed by atoms with Crippen molar-refractivity contribution in [3.63, 3.8) is 0 Å². The molecule has 0 aromatic heterocycles. The van der Waals surface area contributed by atoms with Crippen molar-refractivity contribution in [1.82, 2.24) is 0 Å². The molecule has 1 aromatic rings. The zero-order valence-electron chi connectivity index (χ0n) is 9.15. The van der Waals surface area contributed by atoms with Gasteiger partial charge in [-0.15, -0.1) is 12.4 Å². The molecule has 1 saturated carbocycles. The summed E-state index contributed by atoms with van der Waals surface area (Å²) in [6.07, 6.45) is 1.99. The molecule has 1 fully saturated rings. The third-order valence-electron chi connectivity index (χ3n) is 2.90. The quantitative estimate of drug-likeness (QED) is 0.513. The van der Waals surface area contributed by atoms with Gasteiger partial charge < -0.3 is 5.73 Å². The highest BCUT2D eigenvalue weighted by molar-refractivity contribution is 5.85. The minimum atomic E-state index is -2.15. The summed E-state index contributed by atoms with van der Waals surface area (Å²) in [6, 6.07) is -1.16. The lowest BCUT2D eigenvalue weighted by Gasteiger charge is -2.14. The van der Waals surface area contributed by atoms with Crippen molar-refractivity contribution in [2.24, 2.45) is 11.7 Å². The summed E-state index contributed by atoms with van der Waals surface area (Å²) in [6.45, 7) is 0. The molecule has 0 bridgehead atoms. The van der Waals surface area contributed by atoms with E-state index in [0.717, 1.165) is 12.8 Å². The molecule has 18 heavy (non-hydrogen) atoms. The van der Waals surface area contributed by atoms with Crippen LogP contribution in [0.2, 0.25) is 0 Å². The first-order valence-electron chi connectivity index (χ1n) is 5.20. The lowest BCUT2D eigenvalue weighted by Crippen LogP contribution is -2.18. The zero-order valence-corrected chi connectivity index (χ0v) is 9.97. The van der Waals surface area contributed by atoms with Crippen molar-refractivity contribution in [3.05, 3.63) is 34.6 Å². The van der Waals surface area contributed by atoms with Crippen LogP contribution in [0.5, 0.6) is 0 Å². The Labute approximate surface area is 107 Å². The fourth-order valence-electron chi connectivity index (χ4n) is 1.78. The second kappa shape index (κ2) is 5.40. The zero-order chi connectivity index (χ0) is 12.7. The van der Waals surface area contributed by atoms with Gasteiger partial charge in [-0.05, 0) is 12.3 Å². The Balaban J connectivity index is 0.00000162. The molecule has 0 radical (unpaired) electrons. The third-order valence-corrected chi connectivity index (χ3v) is 2.90. The fourth-order valence-corrected chi connectivity index (χ4v) is 1.78. The fraction of sp³-hybridized carbons (Fsp3) is 0.455. The van der Waals surface area contributed by atoms with Gasteiger partial charge in [-0.1, -0.05) is 12.8 Å². The molecule has 1 atom stereocenters. The van der Waals surface area contributed by atoms with Gasteiger partial charge in [0.1, 0.15) is 0 Å². The average Bonchev–Trinajstić information content (AvgIpc) is 3.08. The smallest absolute Gasteiger partial charge is 0.200 e. The highest BCUT2D eigenvalue weighted by Crippen LogP contribution is 2.38. The van der Waals surface area contributed by atoms with Crippen molar-refractivity contribution in [2.75, 3.05) is 0 Å². The van der Waals surface area contributed by atoms with Crippen molar-refractivity contribution in [3.8, 4) is 0 Å². The molecule has 0 spiro atoms. The van der Waals surface area contributed by atoms with Crippen LogP contribution in [0.1, 0.15) is 30.9 Å². The standard InChI is InChI=1S/C11H10F5N.ClH/c12-7-6(5(17)3-4-1-2-4)8(13)10(15)11(16)9(7)14;/h4-5H,1-3,17H2;1H/t5-;/m1./s1. The average molecular weight is 288 g/mol. The van der Waals surface area contributed by atoms with Crippen LogP contribution in [-0.4, -0.2) is 0 Å². The van der Waals surface area contributed by atoms with Crippen LogP contribution in [0.15, 0.2) is 0 Å². The molecule has 0 heterocycles. The lowest BCUT2D eigenvalue weighted by molar-refractivity contribution is 0.360. The Morgan fingerprint density at radius 1 is 0.889 bits per heavy atom. The van der Waals surface area contributed by atoms with Crippen LogP contribution in [0, 0.1) is 35.0 Å². The molecule has 1 aromatic carbocycles. The van der Waals surface area contributed by atoms with Crippen molar-refractivity contribution in [2.45, 2.75) is 25.3 Å². The summed E-state index contributed by atoms with van der Waals surface area (Å²) in [5, 5.41) is 0. The molecule has 0 unspecified atom stereocenters. The Morgan fingerprint density at radius 3 is 1.67 bits per heavy atom. The Kier molecular flexibility index (Phi) is 4.55. The number of benzene rings is 1. The second-order valence-electron chi connectivity index (χ2n) is 4.27. The number of rotatable bonds is 3. The van der Waals surface area contributed by atoms with E-state index in [2.05, 4.69) is 0 Å². The van der Waals surface area contributed by atoms with Crippen LogP contribution < -0.4 is 5.73 Å². The normalized spacial score (nSPS) is 16.3. The maximum atomic E-state index is 13.3. The van der Waals surface area contributed by atoms with E-state index in [0.29, 0.717) is 0 Å². The van der Waals surface area contributed by atoms with Gasteiger partial charge in [0, 0.05) is 11.6 Å². The van der Waals surface area contributed by atoms with Crippen molar-refractivity contribution >= 4 is 12.4 Å². The molecule has 0 saturated heterocycles. The second-order valence-corrected chi connectivity index (χ2v) is 4.27. The van der Waals surface area contributed by atoms with Crippen LogP contribution in [0.4, 0.5) is 22.0 Å². The van der Waals surface area contributed by atoms with Gasteiger partial charge in [0.15, 0.2) is 23.3 Å². The molecule has 1 aliphatic carbocycles. The monoisotopic (exact) mass is 287 g/mol. The van der Waals surface area contributed by atoms with Crippen LogP contribution in [-0.2, 0) is 0 Å². The molecule has 7 heteroatoms. The van der Waals surface area contributed by atoms with E-state index >= 15 is 0 Å². The van der Waals surface area contributed by atoms with Gasteiger partial charge in [-0.3, -0.25) is 0 Å².